The van der Waals surface area contributed by atoms with E-state index in [0.717, 1.165) is 36.1 Å². The third kappa shape index (κ3) is 3.64. The number of carbonyl (C=O) groups is 1. The molecular weight excluding hydrogens is 405 g/mol. The van der Waals surface area contributed by atoms with Gasteiger partial charge in [0.1, 0.15) is 5.82 Å². The molecule has 1 saturated carbocycles. The van der Waals surface area contributed by atoms with E-state index in [2.05, 4.69) is 10.2 Å². The van der Waals surface area contributed by atoms with Crippen LogP contribution in [-0.2, 0) is 0 Å². The molecule has 32 heavy (non-hydrogen) atoms. The third-order valence-electron chi connectivity index (χ3n) is 7.73. The van der Waals surface area contributed by atoms with Gasteiger partial charge in [0.2, 0.25) is 0 Å². The minimum absolute atomic E-state index is 0.00659. The zero-order valence-corrected chi connectivity index (χ0v) is 18.6. The van der Waals surface area contributed by atoms with Crippen LogP contribution in [-0.4, -0.2) is 48.3 Å². The first kappa shape index (κ1) is 21.3. The fraction of sp³-hybridized carbons (Fsp3) is 0.500. The van der Waals surface area contributed by atoms with Gasteiger partial charge in [-0.2, -0.15) is 0 Å². The van der Waals surface area contributed by atoms with Crippen molar-refractivity contribution in [2.75, 3.05) is 25.1 Å². The molecule has 2 N–H and O–H groups in total. The highest BCUT2D eigenvalue weighted by atomic mass is 19.1. The number of likely N-dealkylation sites (tertiary alicyclic amines) is 1. The predicted octanol–water partition coefficient (Wildman–Crippen LogP) is 4.71. The maximum Gasteiger partial charge on any atom is 0.318 e. The van der Waals surface area contributed by atoms with Crippen LogP contribution in [0.2, 0.25) is 0 Å². The number of likely N-dealkylation sites (N-methyl/N-ethyl adjacent to an activating group) is 1. The predicted molar refractivity (Wildman–Crippen MR) is 124 cm³/mol. The number of hydrogen-bond donors (Lipinski definition) is 2. The Labute approximate surface area is 189 Å². The number of carbonyl (C=O) groups excluding carboxylic acids is 1. The summed E-state index contributed by atoms with van der Waals surface area (Å²) in [7, 11) is 2.00. The highest BCUT2D eigenvalue weighted by Crippen LogP contribution is 2.49. The van der Waals surface area contributed by atoms with Gasteiger partial charge in [0.15, 0.2) is 0 Å². The van der Waals surface area contributed by atoms with Crippen molar-refractivity contribution >= 4 is 11.7 Å². The molecule has 0 unspecified atom stereocenters. The highest BCUT2D eigenvalue weighted by molar-refractivity contribution is 5.78. The first-order valence-corrected chi connectivity index (χ1v) is 11.9. The first-order valence-electron chi connectivity index (χ1n) is 11.9. The summed E-state index contributed by atoms with van der Waals surface area (Å²) in [6, 6.07) is 12.9. The molecule has 2 aromatic rings. The number of amides is 2. The SMILES string of the molecule is CN1c2ccc(-c3ccccc3F)cc2[C@@H]2[C@@H](CCN2C(=O)NC2CCCCC2)[C@@H]1CO. The Balaban J connectivity index is 1.51. The van der Waals surface area contributed by atoms with E-state index in [-0.39, 0.29) is 42.5 Å². The van der Waals surface area contributed by atoms with Crippen molar-refractivity contribution in [3.8, 4) is 11.1 Å². The number of urea groups is 1. The molecule has 0 aromatic heterocycles. The summed E-state index contributed by atoms with van der Waals surface area (Å²) >= 11 is 0. The summed E-state index contributed by atoms with van der Waals surface area (Å²) in [6.45, 7) is 0.714. The second-order valence-electron chi connectivity index (χ2n) is 9.49. The number of hydrogen-bond acceptors (Lipinski definition) is 3. The van der Waals surface area contributed by atoms with Crippen LogP contribution in [0.3, 0.4) is 0 Å². The molecule has 2 aromatic carbocycles. The monoisotopic (exact) mass is 437 g/mol. The molecule has 0 bridgehead atoms. The largest absolute Gasteiger partial charge is 0.394 e. The number of rotatable bonds is 3. The molecule has 3 aliphatic rings. The number of fused-ring (bicyclic) bond motifs is 3. The smallest absolute Gasteiger partial charge is 0.318 e. The lowest BCUT2D eigenvalue weighted by Crippen LogP contribution is -2.50. The van der Waals surface area contributed by atoms with Crippen molar-refractivity contribution in [2.45, 2.75) is 56.7 Å². The van der Waals surface area contributed by atoms with Crippen molar-refractivity contribution in [3.63, 3.8) is 0 Å². The number of nitrogens with zero attached hydrogens (tertiary/aromatic N) is 2. The van der Waals surface area contributed by atoms with E-state index in [9.17, 15) is 14.3 Å². The summed E-state index contributed by atoms with van der Waals surface area (Å²) in [4.78, 5) is 17.4. The molecular formula is C26H32FN3O2. The van der Waals surface area contributed by atoms with Crippen LogP contribution >= 0.6 is 0 Å². The third-order valence-corrected chi connectivity index (χ3v) is 7.73. The average Bonchev–Trinajstić information content (AvgIpc) is 3.25. The lowest BCUT2D eigenvalue weighted by Gasteiger charge is -2.44. The Hall–Kier alpha value is -2.60. The van der Waals surface area contributed by atoms with E-state index in [1.54, 1.807) is 12.1 Å². The standard InChI is InChI=1S/C26H32FN3O2/c1-29-23-12-11-17(19-9-5-6-10-22(19)27)15-21(23)25-20(24(29)16-31)13-14-30(25)26(32)28-18-7-3-2-4-8-18/h5-6,9-12,15,18,20,24-25,31H,2-4,7-8,13-14,16H2,1H3,(H,28,32)/t20-,24-,25-/m0/s1. The molecule has 0 radical (unpaired) electrons. The van der Waals surface area contributed by atoms with Crippen LogP contribution in [0.15, 0.2) is 42.5 Å². The Morgan fingerprint density at radius 1 is 1.12 bits per heavy atom. The Morgan fingerprint density at radius 2 is 1.91 bits per heavy atom. The Morgan fingerprint density at radius 3 is 2.66 bits per heavy atom. The molecule has 3 atom stereocenters. The Bertz CT molecular complexity index is 991. The van der Waals surface area contributed by atoms with Crippen molar-refractivity contribution in [1.29, 1.82) is 0 Å². The second kappa shape index (κ2) is 8.74. The lowest BCUT2D eigenvalue weighted by molar-refractivity contribution is 0.156. The molecule has 5 nitrogen and oxygen atoms in total. The van der Waals surface area contributed by atoms with Crippen LogP contribution in [0.1, 0.15) is 50.1 Å². The molecule has 1 saturated heterocycles. The molecule has 1 aliphatic carbocycles. The van der Waals surface area contributed by atoms with Crippen LogP contribution in [0, 0.1) is 11.7 Å². The van der Waals surface area contributed by atoms with Gasteiger partial charge in [-0.25, -0.2) is 9.18 Å². The molecule has 5 rings (SSSR count). The Kier molecular flexibility index (Phi) is 5.80. The van der Waals surface area contributed by atoms with Crippen molar-refractivity contribution < 1.29 is 14.3 Å². The normalized spacial score (nSPS) is 25.4. The number of aliphatic hydroxyl groups excluding tert-OH is 1. The molecule has 170 valence electrons. The summed E-state index contributed by atoms with van der Waals surface area (Å²) in [5.41, 5.74) is 3.42. The molecule has 2 fully saturated rings. The van der Waals surface area contributed by atoms with Gasteiger partial charge in [0.05, 0.1) is 18.7 Å². The maximum atomic E-state index is 14.5. The quantitative estimate of drug-likeness (QED) is 0.731. The molecule has 6 heteroatoms. The number of benzene rings is 2. The van der Waals surface area contributed by atoms with Crippen LogP contribution in [0.4, 0.5) is 14.9 Å². The molecule has 2 amide bonds. The minimum atomic E-state index is -0.250. The fourth-order valence-corrected chi connectivity index (χ4v) is 6.05. The van der Waals surface area contributed by atoms with Crippen molar-refractivity contribution in [3.05, 3.63) is 53.8 Å². The minimum Gasteiger partial charge on any atom is -0.394 e. The lowest BCUT2D eigenvalue weighted by atomic mass is 9.81. The average molecular weight is 438 g/mol. The zero-order chi connectivity index (χ0) is 22.2. The second-order valence-corrected chi connectivity index (χ2v) is 9.49. The van der Waals surface area contributed by atoms with Gasteiger partial charge < -0.3 is 20.2 Å². The summed E-state index contributed by atoms with van der Waals surface area (Å²) in [6.07, 6.45) is 6.53. The van der Waals surface area contributed by atoms with Gasteiger partial charge in [-0.1, -0.05) is 43.5 Å². The van der Waals surface area contributed by atoms with Gasteiger partial charge >= 0.3 is 6.03 Å². The summed E-state index contributed by atoms with van der Waals surface area (Å²) < 4.78 is 14.5. The van der Waals surface area contributed by atoms with E-state index in [4.69, 9.17) is 0 Å². The highest BCUT2D eigenvalue weighted by Gasteiger charge is 2.48. The van der Waals surface area contributed by atoms with Crippen LogP contribution in [0.25, 0.3) is 11.1 Å². The van der Waals surface area contributed by atoms with E-state index in [0.29, 0.717) is 12.1 Å². The topological polar surface area (TPSA) is 55.8 Å². The molecule has 0 spiro atoms. The van der Waals surface area contributed by atoms with Gasteiger partial charge in [0.25, 0.3) is 0 Å². The van der Waals surface area contributed by atoms with E-state index < -0.39 is 0 Å². The fourth-order valence-electron chi connectivity index (χ4n) is 6.05. The van der Waals surface area contributed by atoms with Crippen LogP contribution < -0.4 is 10.2 Å². The van der Waals surface area contributed by atoms with Gasteiger partial charge in [-0.05, 0) is 48.6 Å². The van der Waals surface area contributed by atoms with Gasteiger partial charge in [-0.15, -0.1) is 0 Å². The summed E-state index contributed by atoms with van der Waals surface area (Å²) in [5, 5.41) is 13.5. The number of aliphatic hydroxyl groups is 1. The number of anilines is 1. The molecule has 2 heterocycles. The zero-order valence-electron chi connectivity index (χ0n) is 18.6. The summed E-state index contributed by atoms with van der Waals surface area (Å²) in [5.74, 6) is -0.106. The van der Waals surface area contributed by atoms with Gasteiger partial charge in [0, 0.05) is 36.8 Å². The van der Waals surface area contributed by atoms with Gasteiger partial charge in [-0.3, -0.25) is 0 Å². The number of nitrogens with one attached hydrogen (secondary N) is 1. The van der Waals surface area contributed by atoms with Crippen molar-refractivity contribution in [1.82, 2.24) is 10.2 Å². The maximum absolute atomic E-state index is 14.5. The van der Waals surface area contributed by atoms with Crippen molar-refractivity contribution in [2.24, 2.45) is 5.92 Å². The number of halogens is 1. The molecule has 2 aliphatic heterocycles. The van der Waals surface area contributed by atoms with E-state index in [1.165, 1.54) is 25.3 Å². The van der Waals surface area contributed by atoms with Crippen LogP contribution in [0.5, 0.6) is 0 Å². The first-order chi connectivity index (χ1) is 15.6. The van der Waals surface area contributed by atoms with E-state index in [1.807, 2.05) is 36.2 Å². The van der Waals surface area contributed by atoms with E-state index >= 15 is 0 Å².